The highest BCUT2D eigenvalue weighted by molar-refractivity contribution is 7.19. The van der Waals surface area contributed by atoms with Gasteiger partial charge in [0.2, 0.25) is 0 Å². The van der Waals surface area contributed by atoms with E-state index in [-0.39, 0.29) is 5.16 Å². The molecule has 0 aromatic heterocycles. The fourth-order valence-corrected chi connectivity index (χ4v) is 4.43. The van der Waals surface area contributed by atoms with E-state index in [0.29, 0.717) is 0 Å². The average molecular weight is 366 g/mol. The smallest absolute Gasteiger partial charge is 0.0390 e. The minimum Gasteiger partial charge on any atom is -0.121 e. The van der Waals surface area contributed by atoms with E-state index in [1.165, 1.54) is 27.8 Å². The van der Waals surface area contributed by atoms with Gasteiger partial charge in [-0.2, -0.15) is 0 Å². The quantitative estimate of drug-likeness (QED) is 0.344. The second kappa shape index (κ2) is 7.91. The van der Waals surface area contributed by atoms with Gasteiger partial charge >= 0.3 is 0 Å². The topological polar surface area (TPSA) is 0 Å². The highest BCUT2D eigenvalue weighted by Gasteiger charge is 2.31. The van der Waals surface area contributed by atoms with Gasteiger partial charge < -0.3 is 0 Å². The molecule has 0 radical (unpaired) electrons. The van der Waals surface area contributed by atoms with E-state index in [2.05, 4.69) is 125 Å². The van der Waals surface area contributed by atoms with Crippen LogP contribution in [0, 0.1) is 0 Å². The molecule has 4 aromatic carbocycles. The van der Waals surface area contributed by atoms with Crippen molar-refractivity contribution in [2.75, 3.05) is 0 Å². The summed E-state index contributed by atoms with van der Waals surface area (Å²) < 4.78 is 0. The molecule has 132 valence electrons. The first-order chi connectivity index (χ1) is 13.3. The molecule has 2 atom stereocenters. The van der Waals surface area contributed by atoms with Crippen LogP contribution in [0.1, 0.15) is 16.7 Å². The molecule has 0 N–H and O–H groups in total. The van der Waals surface area contributed by atoms with Crippen LogP contribution in [0.25, 0.3) is 11.1 Å². The zero-order valence-electron chi connectivity index (χ0n) is 15.3. The molecule has 4 aromatic rings. The van der Waals surface area contributed by atoms with Crippen molar-refractivity contribution in [3.05, 3.63) is 132 Å². The van der Waals surface area contributed by atoms with E-state index >= 15 is 0 Å². The summed E-state index contributed by atoms with van der Waals surface area (Å²) in [5.41, 5.74) is 6.51. The summed E-state index contributed by atoms with van der Waals surface area (Å²) in [6.45, 7) is 0. The minimum absolute atomic E-state index is 0.199. The van der Waals surface area contributed by atoms with Crippen molar-refractivity contribution in [1.29, 1.82) is 0 Å². The molecule has 27 heavy (non-hydrogen) atoms. The van der Waals surface area contributed by atoms with Crippen LogP contribution in [0.5, 0.6) is 0 Å². The van der Waals surface area contributed by atoms with Crippen LogP contribution < -0.4 is 0 Å². The molecule has 0 spiro atoms. The number of benzene rings is 4. The first-order valence-electron chi connectivity index (χ1n) is 9.31. The van der Waals surface area contributed by atoms with Gasteiger partial charge in [-0.05, 0) is 34.2 Å². The van der Waals surface area contributed by atoms with Gasteiger partial charge in [-0.3, -0.25) is 0 Å². The molecular formula is C26H23P. The Hall–Kier alpha value is -2.69. The molecule has 0 saturated heterocycles. The lowest BCUT2D eigenvalue weighted by atomic mass is 9.81. The van der Waals surface area contributed by atoms with E-state index < -0.39 is 0 Å². The SMILES string of the molecule is PC(Cc1ccccc1)(c1ccccc1)c1ccccc1-c1ccccc1. The lowest BCUT2D eigenvalue weighted by Crippen LogP contribution is -2.24. The first kappa shape index (κ1) is 17.7. The fraction of sp³-hybridized carbons (Fsp3) is 0.0769. The van der Waals surface area contributed by atoms with E-state index in [1.807, 2.05) is 0 Å². The van der Waals surface area contributed by atoms with Gasteiger partial charge in [0.05, 0.1) is 0 Å². The third-order valence-electron chi connectivity index (χ3n) is 5.11. The molecule has 2 unspecified atom stereocenters. The first-order valence-corrected chi connectivity index (χ1v) is 9.88. The van der Waals surface area contributed by atoms with E-state index in [0.717, 1.165) is 6.42 Å². The van der Waals surface area contributed by atoms with Gasteiger partial charge in [-0.15, -0.1) is 9.24 Å². The second-order valence-corrected chi connectivity index (χ2v) is 7.90. The molecule has 0 aliphatic heterocycles. The summed E-state index contributed by atoms with van der Waals surface area (Å²) in [6.07, 6.45) is 0.923. The van der Waals surface area contributed by atoms with Crippen molar-refractivity contribution in [2.45, 2.75) is 11.6 Å². The normalized spacial score (nSPS) is 13.1. The van der Waals surface area contributed by atoms with E-state index in [1.54, 1.807) is 0 Å². The van der Waals surface area contributed by atoms with Gasteiger partial charge in [0.15, 0.2) is 0 Å². The molecule has 0 aliphatic rings. The Morgan fingerprint density at radius 1 is 0.556 bits per heavy atom. The Balaban J connectivity index is 1.90. The van der Waals surface area contributed by atoms with Gasteiger partial charge in [-0.25, -0.2) is 0 Å². The molecule has 0 nitrogen and oxygen atoms in total. The molecule has 0 heterocycles. The number of hydrogen-bond acceptors (Lipinski definition) is 0. The molecule has 0 fully saturated rings. The zero-order valence-corrected chi connectivity index (χ0v) is 16.4. The lowest BCUT2D eigenvalue weighted by molar-refractivity contribution is 0.737. The van der Waals surface area contributed by atoms with Crippen LogP contribution >= 0.6 is 9.24 Å². The molecule has 1 heteroatoms. The predicted molar refractivity (Wildman–Crippen MR) is 119 cm³/mol. The van der Waals surface area contributed by atoms with Gasteiger partial charge in [0.1, 0.15) is 0 Å². The molecule has 0 amide bonds. The van der Waals surface area contributed by atoms with E-state index in [9.17, 15) is 0 Å². The molecule has 4 rings (SSSR count). The maximum atomic E-state index is 3.18. The molecular weight excluding hydrogens is 343 g/mol. The summed E-state index contributed by atoms with van der Waals surface area (Å²) in [6, 6.07) is 41.0. The number of hydrogen-bond donors (Lipinski definition) is 0. The van der Waals surface area contributed by atoms with Crippen molar-refractivity contribution >= 4 is 9.24 Å². The Morgan fingerprint density at radius 3 is 1.74 bits per heavy atom. The summed E-state index contributed by atoms with van der Waals surface area (Å²) in [7, 11) is 3.18. The monoisotopic (exact) mass is 366 g/mol. The zero-order chi connectivity index (χ0) is 18.5. The predicted octanol–water partition coefficient (Wildman–Crippen LogP) is 6.72. The second-order valence-electron chi connectivity index (χ2n) is 6.91. The van der Waals surface area contributed by atoms with E-state index in [4.69, 9.17) is 0 Å². The maximum absolute atomic E-state index is 3.18. The lowest BCUT2D eigenvalue weighted by Gasteiger charge is -2.33. The van der Waals surface area contributed by atoms with Crippen LogP contribution in [0.2, 0.25) is 0 Å². The van der Waals surface area contributed by atoms with Crippen LogP contribution in [0.15, 0.2) is 115 Å². The summed E-state index contributed by atoms with van der Waals surface area (Å²) >= 11 is 0. The van der Waals surface area contributed by atoms with Crippen LogP contribution in [0.4, 0.5) is 0 Å². The van der Waals surface area contributed by atoms with Crippen molar-refractivity contribution in [1.82, 2.24) is 0 Å². The van der Waals surface area contributed by atoms with Crippen LogP contribution in [-0.2, 0) is 11.6 Å². The van der Waals surface area contributed by atoms with Crippen molar-refractivity contribution < 1.29 is 0 Å². The largest absolute Gasteiger partial charge is 0.121 e. The van der Waals surface area contributed by atoms with Crippen molar-refractivity contribution in [3.8, 4) is 11.1 Å². The Bertz CT molecular complexity index is 994. The Labute approximate surface area is 164 Å². The van der Waals surface area contributed by atoms with Gasteiger partial charge in [0.25, 0.3) is 0 Å². The van der Waals surface area contributed by atoms with Crippen molar-refractivity contribution in [2.24, 2.45) is 0 Å². The molecule has 0 aliphatic carbocycles. The average Bonchev–Trinajstić information content (AvgIpc) is 2.76. The molecule has 0 saturated carbocycles. The maximum Gasteiger partial charge on any atom is 0.0390 e. The van der Waals surface area contributed by atoms with Gasteiger partial charge in [-0.1, -0.05) is 115 Å². The van der Waals surface area contributed by atoms with Crippen LogP contribution in [0.3, 0.4) is 0 Å². The minimum atomic E-state index is -0.199. The summed E-state index contributed by atoms with van der Waals surface area (Å²) in [5, 5.41) is -0.199. The fourth-order valence-electron chi connectivity index (χ4n) is 3.75. The standard InChI is InChI=1S/C26H23P/c27-26(23-16-8-3-9-17-23,20-21-12-4-1-5-13-21)25-19-11-10-18-24(25)22-14-6-2-7-15-22/h1-19H,20,27H2. The molecule has 0 bridgehead atoms. The third-order valence-corrected chi connectivity index (χ3v) is 5.96. The highest BCUT2D eigenvalue weighted by atomic mass is 31.0. The Kier molecular flexibility index (Phi) is 5.19. The summed E-state index contributed by atoms with van der Waals surface area (Å²) in [4.78, 5) is 0. The van der Waals surface area contributed by atoms with Crippen molar-refractivity contribution in [3.63, 3.8) is 0 Å². The van der Waals surface area contributed by atoms with Crippen LogP contribution in [-0.4, -0.2) is 0 Å². The number of rotatable bonds is 5. The highest BCUT2D eigenvalue weighted by Crippen LogP contribution is 2.45. The third kappa shape index (κ3) is 3.72. The Morgan fingerprint density at radius 2 is 1.07 bits per heavy atom. The van der Waals surface area contributed by atoms with Gasteiger partial charge in [0, 0.05) is 5.16 Å². The summed E-state index contributed by atoms with van der Waals surface area (Å²) in [5.74, 6) is 0.